The van der Waals surface area contributed by atoms with Crippen LogP contribution in [-0.2, 0) is 23.8 Å². The van der Waals surface area contributed by atoms with Crippen molar-refractivity contribution in [2.24, 2.45) is 0 Å². The third-order valence-electron chi connectivity index (χ3n) is 3.48. The molecule has 1 N–H and O–H groups in total. The van der Waals surface area contributed by atoms with Gasteiger partial charge < -0.3 is 19.5 Å². The van der Waals surface area contributed by atoms with Crippen molar-refractivity contribution in [3.05, 3.63) is 35.9 Å². The number of benzene rings is 1. The maximum absolute atomic E-state index is 12.5. The number of rotatable bonds is 4. The number of carbonyl (C=O) groups is 3. The third-order valence-corrected chi connectivity index (χ3v) is 3.48. The van der Waals surface area contributed by atoms with Crippen molar-refractivity contribution in [2.75, 3.05) is 6.61 Å². The molecule has 1 saturated heterocycles. The number of hydrogen-bond acceptors (Lipinski definition) is 6. The Balaban J connectivity index is 2.19. The zero-order valence-corrected chi connectivity index (χ0v) is 13.6. The van der Waals surface area contributed by atoms with Gasteiger partial charge in [0.1, 0.15) is 0 Å². The Hall–Kier alpha value is -2.62. The summed E-state index contributed by atoms with van der Waals surface area (Å²) in [4.78, 5) is 34.6. The molecule has 1 heterocycles. The van der Waals surface area contributed by atoms with Crippen LogP contribution in [0.2, 0.25) is 0 Å². The van der Waals surface area contributed by atoms with Gasteiger partial charge in [0.2, 0.25) is 6.29 Å². The van der Waals surface area contributed by atoms with E-state index in [9.17, 15) is 27.6 Å². The van der Waals surface area contributed by atoms with Gasteiger partial charge in [0, 0.05) is 6.92 Å². The van der Waals surface area contributed by atoms with Crippen LogP contribution in [0, 0.1) is 0 Å². The highest BCUT2D eigenvalue weighted by Crippen LogP contribution is 2.23. The van der Waals surface area contributed by atoms with E-state index in [2.05, 4.69) is 0 Å². The van der Waals surface area contributed by atoms with Gasteiger partial charge in [0.15, 0.2) is 6.10 Å². The van der Waals surface area contributed by atoms with Crippen LogP contribution in [0.1, 0.15) is 23.7 Å². The summed E-state index contributed by atoms with van der Waals surface area (Å²) in [5.74, 6) is -3.82. The molecule has 0 saturated carbocycles. The normalized spacial score (nSPS) is 23.0. The number of carbonyl (C=O) groups excluding carboxylic acids is 3. The molecule has 0 aliphatic carbocycles. The highest BCUT2D eigenvalue weighted by atomic mass is 19.4. The van der Waals surface area contributed by atoms with Crippen molar-refractivity contribution in [3.63, 3.8) is 0 Å². The zero-order valence-electron chi connectivity index (χ0n) is 13.6. The van der Waals surface area contributed by atoms with Gasteiger partial charge >= 0.3 is 24.0 Å². The summed E-state index contributed by atoms with van der Waals surface area (Å²) in [6.45, 7) is 0.970. The second kappa shape index (κ2) is 8.17. The maximum atomic E-state index is 12.5. The van der Waals surface area contributed by atoms with Crippen molar-refractivity contribution in [3.8, 4) is 0 Å². The lowest BCUT2D eigenvalue weighted by atomic mass is 10.0. The molecule has 0 bridgehead atoms. The van der Waals surface area contributed by atoms with Crippen molar-refractivity contribution in [2.45, 2.75) is 38.0 Å². The molecule has 3 atom stereocenters. The van der Waals surface area contributed by atoms with Gasteiger partial charge in [-0.05, 0) is 18.6 Å². The fourth-order valence-electron chi connectivity index (χ4n) is 2.33. The van der Waals surface area contributed by atoms with E-state index in [0.29, 0.717) is 0 Å². The van der Waals surface area contributed by atoms with E-state index in [-0.39, 0.29) is 18.6 Å². The minimum absolute atomic E-state index is 0.0632. The minimum atomic E-state index is -5.11. The summed E-state index contributed by atoms with van der Waals surface area (Å²) in [6, 6.07) is 6.44. The van der Waals surface area contributed by atoms with Gasteiger partial charge in [-0.2, -0.15) is 13.2 Å². The van der Waals surface area contributed by atoms with Crippen LogP contribution >= 0.6 is 0 Å². The summed E-state index contributed by atoms with van der Waals surface area (Å²) in [5.41, 5.74) is 0.139. The molecule has 142 valence electrons. The van der Waals surface area contributed by atoms with Gasteiger partial charge in [0.05, 0.1) is 18.2 Å². The molecular formula is C16H16F3NO6. The second-order valence-electron chi connectivity index (χ2n) is 5.45. The molecule has 26 heavy (non-hydrogen) atoms. The Kier molecular flexibility index (Phi) is 6.19. The molecular weight excluding hydrogens is 359 g/mol. The molecule has 0 aromatic heterocycles. The van der Waals surface area contributed by atoms with E-state index in [1.807, 2.05) is 0 Å². The van der Waals surface area contributed by atoms with Crippen molar-refractivity contribution >= 4 is 17.8 Å². The van der Waals surface area contributed by atoms with E-state index < -0.39 is 42.5 Å². The zero-order chi connectivity index (χ0) is 19.3. The minimum Gasteiger partial charge on any atom is -0.450 e. The van der Waals surface area contributed by atoms with Crippen LogP contribution in [0.15, 0.2) is 30.3 Å². The van der Waals surface area contributed by atoms with Gasteiger partial charge in [0.25, 0.3) is 0 Å². The van der Waals surface area contributed by atoms with Crippen molar-refractivity contribution < 1.29 is 41.8 Å². The predicted molar refractivity (Wildman–Crippen MR) is 79.8 cm³/mol. The molecule has 1 aliphatic heterocycles. The van der Waals surface area contributed by atoms with Gasteiger partial charge in [-0.15, -0.1) is 0 Å². The SMILES string of the molecule is CC(=O)OC1OCC[C@@H](NC(=O)C(F)(F)F)[C@H]1OC(=O)c1ccccc1. The monoisotopic (exact) mass is 375 g/mol. The van der Waals surface area contributed by atoms with Crippen molar-refractivity contribution in [1.29, 1.82) is 0 Å². The molecule has 1 fully saturated rings. The fraction of sp³-hybridized carbons (Fsp3) is 0.438. The Morgan fingerprint density at radius 2 is 1.81 bits per heavy atom. The van der Waals surface area contributed by atoms with Crippen LogP contribution in [0.5, 0.6) is 0 Å². The van der Waals surface area contributed by atoms with Crippen LogP contribution in [-0.4, -0.2) is 49.1 Å². The lowest BCUT2D eigenvalue weighted by Gasteiger charge is -2.36. The first-order valence-corrected chi connectivity index (χ1v) is 7.61. The van der Waals surface area contributed by atoms with E-state index >= 15 is 0 Å². The van der Waals surface area contributed by atoms with Crippen LogP contribution in [0.3, 0.4) is 0 Å². The number of nitrogens with one attached hydrogen (secondary N) is 1. The number of halogens is 3. The lowest BCUT2D eigenvalue weighted by molar-refractivity contribution is -0.222. The Labute approximate surface area is 146 Å². The number of esters is 2. The summed E-state index contributed by atoms with van der Waals surface area (Å²) in [5, 5.41) is 1.76. The second-order valence-corrected chi connectivity index (χ2v) is 5.45. The molecule has 7 nitrogen and oxygen atoms in total. The first-order chi connectivity index (χ1) is 12.2. The molecule has 0 spiro atoms. The average molecular weight is 375 g/mol. The number of alkyl halides is 3. The molecule has 2 rings (SSSR count). The van der Waals surface area contributed by atoms with Gasteiger partial charge in [-0.1, -0.05) is 18.2 Å². The van der Waals surface area contributed by atoms with Gasteiger partial charge in [-0.3, -0.25) is 9.59 Å². The van der Waals surface area contributed by atoms with E-state index in [0.717, 1.165) is 6.92 Å². The topological polar surface area (TPSA) is 90.9 Å². The molecule has 1 aliphatic rings. The molecule has 1 aromatic carbocycles. The lowest BCUT2D eigenvalue weighted by Crippen LogP contribution is -2.57. The Morgan fingerprint density at radius 3 is 2.38 bits per heavy atom. The van der Waals surface area contributed by atoms with E-state index in [4.69, 9.17) is 14.2 Å². The molecule has 1 unspecified atom stereocenters. The fourth-order valence-corrected chi connectivity index (χ4v) is 2.33. The van der Waals surface area contributed by atoms with E-state index in [1.165, 1.54) is 12.1 Å². The summed E-state index contributed by atoms with van der Waals surface area (Å²) < 4.78 is 52.8. The Bertz CT molecular complexity index is 664. The highest BCUT2D eigenvalue weighted by Gasteiger charge is 2.45. The largest absolute Gasteiger partial charge is 0.471 e. The summed E-state index contributed by atoms with van der Waals surface area (Å²) in [6.07, 6.45) is -8.05. The molecule has 1 amide bonds. The number of hydrogen-bond donors (Lipinski definition) is 1. The average Bonchev–Trinajstić information content (AvgIpc) is 2.57. The highest BCUT2D eigenvalue weighted by molar-refractivity contribution is 5.89. The summed E-state index contributed by atoms with van der Waals surface area (Å²) in [7, 11) is 0. The quantitative estimate of drug-likeness (QED) is 0.804. The molecule has 1 aromatic rings. The van der Waals surface area contributed by atoms with Crippen LogP contribution in [0.4, 0.5) is 13.2 Å². The first-order valence-electron chi connectivity index (χ1n) is 7.61. The first kappa shape index (κ1) is 19.7. The van der Waals surface area contributed by atoms with Crippen LogP contribution < -0.4 is 5.32 Å². The van der Waals surface area contributed by atoms with Crippen molar-refractivity contribution in [1.82, 2.24) is 5.32 Å². The molecule has 0 radical (unpaired) electrons. The van der Waals surface area contributed by atoms with Crippen LogP contribution in [0.25, 0.3) is 0 Å². The predicted octanol–water partition coefficient (Wildman–Crippen LogP) is 1.57. The van der Waals surface area contributed by atoms with Gasteiger partial charge in [-0.25, -0.2) is 4.79 Å². The smallest absolute Gasteiger partial charge is 0.450 e. The third kappa shape index (κ3) is 5.19. The maximum Gasteiger partial charge on any atom is 0.471 e. The van der Waals surface area contributed by atoms with E-state index in [1.54, 1.807) is 23.5 Å². The molecule has 10 heteroatoms. The number of amides is 1. The Morgan fingerprint density at radius 1 is 1.15 bits per heavy atom. The number of ether oxygens (including phenoxy) is 3. The summed E-state index contributed by atoms with van der Waals surface area (Å²) >= 11 is 0. The standard InChI is InChI=1S/C16H16F3NO6/c1-9(21)25-14-12(26-13(22)10-5-3-2-4-6-10)11(7-8-24-14)20-15(23)16(17,18)19/h2-6,11-12,14H,7-8H2,1H3,(H,20,23)/t11-,12-,14?/m1/s1.